The van der Waals surface area contributed by atoms with E-state index in [4.69, 9.17) is 9.47 Å². The number of hydrogen-bond acceptors (Lipinski definition) is 6. The molecule has 1 aliphatic rings. The molecule has 176 valence electrons. The lowest BCUT2D eigenvalue weighted by Crippen LogP contribution is -2.43. The number of thiophene rings is 1. The number of rotatable bonds is 6. The number of methoxy groups -OCH3 is 1. The van der Waals surface area contributed by atoms with Crippen LogP contribution in [0.15, 0.2) is 34.1 Å². The maximum absolute atomic E-state index is 14.8. The third kappa shape index (κ3) is 4.03. The van der Waals surface area contributed by atoms with Crippen LogP contribution in [-0.2, 0) is 17.8 Å². The first kappa shape index (κ1) is 23.8. The third-order valence-electron chi connectivity index (χ3n) is 5.06. The number of anilines is 1. The fourth-order valence-electron chi connectivity index (χ4n) is 3.48. The van der Waals surface area contributed by atoms with E-state index in [-0.39, 0.29) is 44.0 Å². The molecule has 0 saturated heterocycles. The zero-order chi connectivity index (χ0) is 24.7. The largest absolute Gasteiger partial charge is 0.496 e. The summed E-state index contributed by atoms with van der Waals surface area (Å²) in [6.07, 6.45) is -0.303. The minimum Gasteiger partial charge on any atom is -0.496 e. The summed E-state index contributed by atoms with van der Waals surface area (Å²) in [6.45, 7) is -0.518. The molecule has 4 rings (SSSR count). The first-order chi connectivity index (χ1) is 16.1. The summed E-state index contributed by atoms with van der Waals surface area (Å²) in [7, 11) is 1.26. The average molecular weight is 556 g/mol. The van der Waals surface area contributed by atoms with Crippen LogP contribution in [0.2, 0.25) is 0 Å². The molecule has 2 aromatic carbocycles. The molecule has 0 saturated carbocycles. The van der Waals surface area contributed by atoms with Gasteiger partial charge in [0.1, 0.15) is 28.8 Å². The molecule has 2 heterocycles. The SMILES string of the molecule is COc1ccc(F)c(F)c1COc1cc(N2C(=O)Cc3csc(C(=O)O)c3C2=O)c(F)cc1Br. The normalized spacial score (nSPS) is 13.1. The van der Waals surface area contributed by atoms with E-state index in [0.717, 1.165) is 29.5 Å². The lowest BCUT2D eigenvalue weighted by molar-refractivity contribution is -0.117. The number of carbonyl (C=O) groups excluding carboxylic acids is 2. The predicted molar refractivity (Wildman–Crippen MR) is 118 cm³/mol. The molecular weight excluding hydrogens is 543 g/mol. The van der Waals surface area contributed by atoms with E-state index < -0.39 is 47.5 Å². The van der Waals surface area contributed by atoms with Crippen LogP contribution in [0.4, 0.5) is 18.9 Å². The Bertz CT molecular complexity index is 1360. The number of ether oxygens (including phenoxy) is 2. The second-order valence-corrected chi connectivity index (χ2v) is 8.78. The van der Waals surface area contributed by atoms with Gasteiger partial charge in [-0.2, -0.15) is 0 Å². The summed E-state index contributed by atoms with van der Waals surface area (Å²) in [4.78, 5) is 37.5. The van der Waals surface area contributed by atoms with Crippen molar-refractivity contribution in [1.82, 2.24) is 0 Å². The van der Waals surface area contributed by atoms with Crippen LogP contribution in [0.3, 0.4) is 0 Å². The Hall–Kier alpha value is -3.38. The second-order valence-electron chi connectivity index (χ2n) is 7.05. The highest BCUT2D eigenvalue weighted by atomic mass is 79.9. The van der Waals surface area contributed by atoms with Crippen molar-refractivity contribution < 1.29 is 42.1 Å². The molecule has 0 atom stereocenters. The third-order valence-corrected chi connectivity index (χ3v) is 6.69. The van der Waals surface area contributed by atoms with Gasteiger partial charge in [-0.25, -0.2) is 22.9 Å². The monoisotopic (exact) mass is 555 g/mol. The molecule has 2 amide bonds. The van der Waals surface area contributed by atoms with Gasteiger partial charge in [0.2, 0.25) is 5.91 Å². The van der Waals surface area contributed by atoms with E-state index in [2.05, 4.69) is 15.9 Å². The summed E-state index contributed by atoms with van der Waals surface area (Å²) in [5.74, 6) is -6.45. The molecule has 0 unspecified atom stereocenters. The zero-order valence-corrected chi connectivity index (χ0v) is 19.6. The number of nitrogens with zero attached hydrogens (tertiary/aromatic N) is 1. The molecule has 1 N–H and O–H groups in total. The summed E-state index contributed by atoms with van der Waals surface area (Å²) < 4.78 is 53.4. The van der Waals surface area contributed by atoms with E-state index in [1.54, 1.807) is 0 Å². The number of hydrogen-bond donors (Lipinski definition) is 1. The number of fused-ring (bicyclic) bond motifs is 1. The zero-order valence-electron chi connectivity index (χ0n) is 17.2. The number of carbonyl (C=O) groups is 3. The molecule has 0 spiro atoms. The van der Waals surface area contributed by atoms with Crippen molar-refractivity contribution >= 4 is 50.7 Å². The van der Waals surface area contributed by atoms with E-state index in [9.17, 15) is 32.7 Å². The van der Waals surface area contributed by atoms with Crippen molar-refractivity contribution in [2.45, 2.75) is 13.0 Å². The van der Waals surface area contributed by atoms with Gasteiger partial charge in [-0.3, -0.25) is 9.59 Å². The molecular formula is C22H13BrF3NO6S. The predicted octanol–water partition coefficient (Wildman–Crippen LogP) is 4.94. The van der Waals surface area contributed by atoms with E-state index in [1.165, 1.54) is 18.6 Å². The molecule has 0 bridgehead atoms. The van der Waals surface area contributed by atoms with Gasteiger partial charge in [0, 0.05) is 6.07 Å². The topological polar surface area (TPSA) is 93.1 Å². The Morgan fingerprint density at radius 2 is 1.91 bits per heavy atom. The quantitative estimate of drug-likeness (QED) is 0.433. The van der Waals surface area contributed by atoms with Crippen LogP contribution in [0, 0.1) is 17.5 Å². The van der Waals surface area contributed by atoms with Crippen molar-refractivity contribution in [2.24, 2.45) is 0 Å². The molecule has 0 fully saturated rings. The number of carboxylic acid groups (broad SMARTS) is 1. The van der Waals surface area contributed by atoms with Gasteiger partial charge >= 0.3 is 5.97 Å². The van der Waals surface area contributed by atoms with Gasteiger partial charge in [0.15, 0.2) is 11.6 Å². The highest BCUT2D eigenvalue weighted by Gasteiger charge is 2.38. The van der Waals surface area contributed by atoms with E-state index in [1.807, 2.05) is 0 Å². The number of benzene rings is 2. The lowest BCUT2D eigenvalue weighted by atomic mass is 10.0. The molecule has 0 aliphatic carbocycles. The summed E-state index contributed by atoms with van der Waals surface area (Å²) in [5, 5.41) is 10.8. The molecule has 7 nitrogen and oxygen atoms in total. The van der Waals surface area contributed by atoms with Crippen LogP contribution in [0.25, 0.3) is 0 Å². The molecule has 3 aromatic rings. The standard InChI is InChI=1S/C22H13BrF3NO6S/c1-32-15-3-2-12(24)19(26)10(15)7-33-16-6-14(13(25)5-11(16)23)27-17(28)4-9-8-34-20(22(30)31)18(9)21(27)29/h2-3,5-6,8H,4,7H2,1H3,(H,30,31). The first-order valence-corrected chi connectivity index (χ1v) is 11.1. The van der Waals surface area contributed by atoms with Gasteiger partial charge in [0.05, 0.1) is 34.8 Å². The number of aromatic carboxylic acids is 1. The smallest absolute Gasteiger partial charge is 0.346 e. The van der Waals surface area contributed by atoms with Crippen molar-refractivity contribution in [2.75, 3.05) is 12.0 Å². The van der Waals surface area contributed by atoms with Gasteiger partial charge in [-0.15, -0.1) is 11.3 Å². The van der Waals surface area contributed by atoms with Crippen molar-refractivity contribution in [1.29, 1.82) is 0 Å². The van der Waals surface area contributed by atoms with Crippen LogP contribution >= 0.6 is 27.3 Å². The minimum atomic E-state index is -1.35. The Balaban J connectivity index is 1.71. The Labute approximate surface area is 202 Å². The number of imide groups is 1. The number of halogens is 4. The maximum Gasteiger partial charge on any atom is 0.346 e. The van der Waals surface area contributed by atoms with Crippen molar-refractivity contribution in [3.63, 3.8) is 0 Å². The lowest BCUT2D eigenvalue weighted by Gasteiger charge is -2.26. The summed E-state index contributed by atoms with van der Waals surface area (Å²) >= 11 is 3.89. The van der Waals surface area contributed by atoms with Gasteiger partial charge in [-0.1, -0.05) is 0 Å². The number of amides is 2. The Morgan fingerprint density at radius 1 is 1.18 bits per heavy atom. The van der Waals surface area contributed by atoms with Crippen molar-refractivity contribution in [3.8, 4) is 11.5 Å². The second kappa shape index (κ2) is 9.11. The van der Waals surface area contributed by atoms with Crippen LogP contribution in [0.5, 0.6) is 11.5 Å². The fraction of sp³-hybridized carbons (Fsp3) is 0.136. The highest BCUT2D eigenvalue weighted by Crippen LogP contribution is 2.38. The van der Waals surface area contributed by atoms with Crippen LogP contribution in [0.1, 0.15) is 31.2 Å². The van der Waals surface area contributed by atoms with Crippen LogP contribution < -0.4 is 14.4 Å². The minimum absolute atomic E-state index is 0.0185. The Kier molecular flexibility index (Phi) is 6.36. The summed E-state index contributed by atoms with van der Waals surface area (Å²) in [5.41, 5.74) is -0.655. The van der Waals surface area contributed by atoms with Gasteiger partial charge in [-0.05, 0) is 45.1 Å². The molecule has 1 aromatic heterocycles. The molecule has 34 heavy (non-hydrogen) atoms. The Morgan fingerprint density at radius 3 is 2.59 bits per heavy atom. The number of carboxylic acids is 1. The fourth-order valence-corrected chi connectivity index (χ4v) is 4.81. The first-order valence-electron chi connectivity index (χ1n) is 9.47. The van der Waals surface area contributed by atoms with E-state index >= 15 is 0 Å². The highest BCUT2D eigenvalue weighted by molar-refractivity contribution is 9.10. The van der Waals surface area contributed by atoms with Gasteiger partial charge in [0.25, 0.3) is 5.91 Å². The van der Waals surface area contributed by atoms with Crippen LogP contribution in [-0.4, -0.2) is 30.0 Å². The molecule has 12 heteroatoms. The molecule has 0 radical (unpaired) electrons. The summed E-state index contributed by atoms with van der Waals surface area (Å²) in [6, 6.07) is 4.08. The van der Waals surface area contributed by atoms with E-state index in [0.29, 0.717) is 4.90 Å². The van der Waals surface area contributed by atoms with Gasteiger partial charge < -0.3 is 14.6 Å². The average Bonchev–Trinajstić information content (AvgIpc) is 3.21. The van der Waals surface area contributed by atoms with Crippen molar-refractivity contribution in [3.05, 3.63) is 73.1 Å². The molecule has 1 aliphatic heterocycles. The maximum atomic E-state index is 14.8.